The van der Waals surface area contributed by atoms with Crippen LogP contribution in [0.4, 0.5) is 0 Å². The SMILES string of the molecule is CC(=O)N[C@@H](C)C=Cc1ccc(Oc2ccc(C3CC3)cc2Cl)nc1. The molecule has 1 aliphatic rings. The molecule has 1 fully saturated rings. The molecule has 1 N–H and O–H groups in total. The lowest BCUT2D eigenvalue weighted by molar-refractivity contribution is -0.119. The van der Waals surface area contributed by atoms with Crippen molar-refractivity contribution in [3.05, 3.63) is 58.8 Å². The van der Waals surface area contributed by atoms with Crippen molar-refractivity contribution in [1.82, 2.24) is 10.3 Å². The van der Waals surface area contributed by atoms with E-state index in [1.165, 1.54) is 25.3 Å². The van der Waals surface area contributed by atoms with E-state index in [1.807, 2.05) is 37.3 Å². The van der Waals surface area contributed by atoms with E-state index in [4.69, 9.17) is 16.3 Å². The van der Waals surface area contributed by atoms with Gasteiger partial charge in [0, 0.05) is 25.2 Å². The number of hydrogen-bond donors (Lipinski definition) is 1. The van der Waals surface area contributed by atoms with Crippen molar-refractivity contribution in [3.63, 3.8) is 0 Å². The lowest BCUT2D eigenvalue weighted by atomic mass is 10.1. The molecule has 4 nitrogen and oxygen atoms in total. The summed E-state index contributed by atoms with van der Waals surface area (Å²) in [4.78, 5) is 15.3. The summed E-state index contributed by atoms with van der Waals surface area (Å²) in [6.07, 6.45) is 8.03. The second-order valence-electron chi connectivity index (χ2n) is 6.34. The average Bonchev–Trinajstić information content (AvgIpc) is 3.40. The lowest BCUT2D eigenvalue weighted by Gasteiger charge is -2.09. The van der Waals surface area contributed by atoms with Crippen LogP contribution in [0.5, 0.6) is 11.6 Å². The van der Waals surface area contributed by atoms with Crippen LogP contribution in [-0.2, 0) is 4.79 Å². The lowest BCUT2D eigenvalue weighted by Crippen LogP contribution is -2.28. The van der Waals surface area contributed by atoms with E-state index in [9.17, 15) is 4.79 Å². The van der Waals surface area contributed by atoms with Crippen LogP contribution in [0.25, 0.3) is 6.08 Å². The molecule has 3 rings (SSSR count). The number of aromatic nitrogens is 1. The Morgan fingerprint density at radius 1 is 1.36 bits per heavy atom. The van der Waals surface area contributed by atoms with Gasteiger partial charge in [-0.3, -0.25) is 4.79 Å². The summed E-state index contributed by atoms with van der Waals surface area (Å²) < 4.78 is 5.77. The highest BCUT2D eigenvalue weighted by Crippen LogP contribution is 2.42. The molecule has 1 aliphatic carbocycles. The third-order valence-corrected chi connectivity index (χ3v) is 4.28. The molecule has 1 amide bonds. The fourth-order valence-corrected chi connectivity index (χ4v) is 2.79. The molecule has 0 bridgehead atoms. The minimum absolute atomic E-state index is 0.0304. The van der Waals surface area contributed by atoms with E-state index >= 15 is 0 Å². The monoisotopic (exact) mass is 356 g/mol. The van der Waals surface area contributed by atoms with Crippen molar-refractivity contribution in [3.8, 4) is 11.6 Å². The summed E-state index contributed by atoms with van der Waals surface area (Å²) in [5.74, 6) is 1.72. The molecular formula is C20H21ClN2O2. The summed E-state index contributed by atoms with van der Waals surface area (Å²) in [5, 5.41) is 3.41. The highest BCUT2D eigenvalue weighted by atomic mass is 35.5. The normalized spacial score (nSPS) is 15.2. The first-order valence-corrected chi connectivity index (χ1v) is 8.78. The first-order valence-electron chi connectivity index (χ1n) is 8.40. The second kappa shape index (κ2) is 7.70. The van der Waals surface area contributed by atoms with Gasteiger partial charge in [0.1, 0.15) is 5.75 Å². The summed E-state index contributed by atoms with van der Waals surface area (Å²) in [7, 11) is 0. The van der Waals surface area contributed by atoms with Crippen LogP contribution in [-0.4, -0.2) is 16.9 Å². The second-order valence-corrected chi connectivity index (χ2v) is 6.75. The van der Waals surface area contributed by atoms with Crippen molar-refractivity contribution < 1.29 is 9.53 Å². The van der Waals surface area contributed by atoms with Crippen molar-refractivity contribution in [2.75, 3.05) is 0 Å². The molecule has 0 aliphatic heterocycles. The zero-order chi connectivity index (χ0) is 17.8. The molecule has 25 heavy (non-hydrogen) atoms. The fourth-order valence-electron chi connectivity index (χ4n) is 2.56. The molecule has 0 spiro atoms. The fraction of sp³-hybridized carbons (Fsp3) is 0.300. The zero-order valence-electron chi connectivity index (χ0n) is 14.3. The molecule has 1 aromatic carbocycles. The van der Waals surface area contributed by atoms with Crippen molar-refractivity contribution in [2.45, 2.75) is 38.6 Å². The van der Waals surface area contributed by atoms with Gasteiger partial charge in [-0.15, -0.1) is 0 Å². The number of pyridine rings is 1. The van der Waals surface area contributed by atoms with Crippen LogP contribution in [0, 0.1) is 0 Å². The van der Waals surface area contributed by atoms with E-state index < -0.39 is 0 Å². The minimum Gasteiger partial charge on any atom is -0.437 e. The predicted molar refractivity (Wildman–Crippen MR) is 100 cm³/mol. The number of rotatable bonds is 6. The maximum atomic E-state index is 11.0. The summed E-state index contributed by atoms with van der Waals surface area (Å²) in [6.45, 7) is 3.41. The third kappa shape index (κ3) is 5.07. The predicted octanol–water partition coefficient (Wildman–Crippen LogP) is 4.94. The molecule has 1 heterocycles. The average molecular weight is 357 g/mol. The summed E-state index contributed by atoms with van der Waals surface area (Å²) in [5.41, 5.74) is 2.21. The van der Waals surface area contributed by atoms with Crippen molar-refractivity contribution in [1.29, 1.82) is 0 Å². The minimum atomic E-state index is -0.0522. The Bertz CT molecular complexity index is 783. The Labute approximate surface area is 152 Å². The number of carbonyl (C=O) groups excluding carboxylic acids is 1. The van der Waals surface area contributed by atoms with Gasteiger partial charge < -0.3 is 10.1 Å². The number of halogens is 1. The largest absolute Gasteiger partial charge is 0.437 e. The van der Waals surface area contributed by atoms with Crippen LogP contribution in [0.2, 0.25) is 5.02 Å². The van der Waals surface area contributed by atoms with Crippen molar-refractivity contribution in [2.24, 2.45) is 0 Å². The maximum Gasteiger partial charge on any atom is 0.219 e. The topological polar surface area (TPSA) is 51.2 Å². The number of ether oxygens (including phenoxy) is 1. The number of carbonyl (C=O) groups is 1. The molecule has 0 unspecified atom stereocenters. The van der Waals surface area contributed by atoms with Gasteiger partial charge in [0.25, 0.3) is 0 Å². The van der Waals surface area contributed by atoms with Gasteiger partial charge in [0.05, 0.1) is 5.02 Å². The Hall–Kier alpha value is -2.33. The summed E-state index contributed by atoms with van der Waals surface area (Å²) >= 11 is 6.31. The molecule has 1 aromatic heterocycles. The van der Waals surface area contributed by atoms with Gasteiger partial charge >= 0.3 is 0 Å². The smallest absolute Gasteiger partial charge is 0.219 e. The molecule has 1 atom stereocenters. The van der Waals surface area contributed by atoms with Crippen molar-refractivity contribution >= 4 is 23.6 Å². The third-order valence-electron chi connectivity index (χ3n) is 3.99. The first kappa shape index (κ1) is 17.5. The number of amides is 1. The van der Waals surface area contributed by atoms with E-state index in [1.54, 1.807) is 12.3 Å². The molecular weight excluding hydrogens is 336 g/mol. The van der Waals surface area contributed by atoms with Crippen LogP contribution < -0.4 is 10.1 Å². The molecule has 0 radical (unpaired) electrons. The van der Waals surface area contributed by atoms with Gasteiger partial charge in [-0.1, -0.05) is 29.8 Å². The molecule has 1 saturated carbocycles. The summed E-state index contributed by atoms with van der Waals surface area (Å²) in [6, 6.07) is 9.63. The zero-order valence-corrected chi connectivity index (χ0v) is 15.1. The van der Waals surface area contributed by atoms with E-state index in [0.29, 0.717) is 22.6 Å². The van der Waals surface area contributed by atoms with Gasteiger partial charge in [-0.25, -0.2) is 4.98 Å². The van der Waals surface area contributed by atoms with Crippen LogP contribution >= 0.6 is 11.6 Å². The highest BCUT2D eigenvalue weighted by Gasteiger charge is 2.24. The Balaban J connectivity index is 1.62. The van der Waals surface area contributed by atoms with Crippen LogP contribution in [0.3, 0.4) is 0 Å². The van der Waals surface area contributed by atoms with E-state index in [2.05, 4.69) is 16.4 Å². The standard InChI is InChI=1S/C20H21ClN2O2/c1-13(23-14(2)24)3-4-15-5-10-20(22-12-15)25-19-9-8-17(11-18(19)21)16-6-7-16/h3-5,8-13,16H,6-7H2,1-2H3,(H,23,24)/t13-/m0/s1. The maximum absolute atomic E-state index is 11.0. The molecule has 0 saturated heterocycles. The number of hydrogen-bond acceptors (Lipinski definition) is 3. The van der Waals surface area contributed by atoms with E-state index in [0.717, 1.165) is 5.56 Å². The van der Waals surface area contributed by atoms with Gasteiger partial charge in [0.2, 0.25) is 11.8 Å². The van der Waals surface area contributed by atoms with E-state index in [-0.39, 0.29) is 11.9 Å². The molecule has 5 heteroatoms. The number of nitrogens with zero attached hydrogens (tertiary/aromatic N) is 1. The van der Waals surface area contributed by atoms with Gasteiger partial charge in [-0.05, 0) is 55.0 Å². The Kier molecular flexibility index (Phi) is 5.39. The van der Waals surface area contributed by atoms with Crippen LogP contribution in [0.1, 0.15) is 43.7 Å². The molecule has 130 valence electrons. The number of nitrogens with one attached hydrogen (secondary N) is 1. The van der Waals surface area contributed by atoms with Gasteiger partial charge in [-0.2, -0.15) is 0 Å². The number of benzene rings is 1. The van der Waals surface area contributed by atoms with Crippen LogP contribution in [0.15, 0.2) is 42.6 Å². The highest BCUT2D eigenvalue weighted by molar-refractivity contribution is 6.32. The van der Waals surface area contributed by atoms with Gasteiger partial charge in [0.15, 0.2) is 0 Å². The quantitative estimate of drug-likeness (QED) is 0.797. The molecule has 2 aromatic rings. The Morgan fingerprint density at radius 3 is 2.76 bits per heavy atom. The first-order chi connectivity index (χ1) is 12.0. The Morgan fingerprint density at radius 2 is 2.16 bits per heavy atom.